The zero-order chi connectivity index (χ0) is 16.8. The standard InChI is InChI=1S/C17H23NO5/c1-11(2)4-7-16(19)23-12(3)17(20)18-9-13-5-6-14-15(8-13)22-10-21-14/h5-6,8,11-12H,4,7,9-10H2,1-3H3,(H,18,20). The predicted octanol–water partition coefficient (Wildman–Crippen LogP) is 2.40. The summed E-state index contributed by atoms with van der Waals surface area (Å²) < 4.78 is 15.7. The number of ether oxygens (including phenoxy) is 3. The van der Waals surface area contributed by atoms with Crippen LogP contribution in [-0.2, 0) is 20.9 Å². The van der Waals surface area contributed by atoms with Crippen molar-refractivity contribution in [2.24, 2.45) is 5.92 Å². The van der Waals surface area contributed by atoms with Gasteiger partial charge in [0.05, 0.1) is 0 Å². The average Bonchev–Trinajstić information content (AvgIpc) is 2.98. The van der Waals surface area contributed by atoms with E-state index in [4.69, 9.17) is 14.2 Å². The lowest BCUT2D eigenvalue weighted by Gasteiger charge is -2.14. The number of hydrogen-bond donors (Lipinski definition) is 1. The molecule has 1 amide bonds. The van der Waals surface area contributed by atoms with Gasteiger partial charge < -0.3 is 19.5 Å². The maximum atomic E-state index is 12.0. The van der Waals surface area contributed by atoms with Crippen LogP contribution in [0.5, 0.6) is 11.5 Å². The fraction of sp³-hybridized carbons (Fsp3) is 0.529. The second-order valence-corrected chi connectivity index (χ2v) is 5.97. The first-order chi connectivity index (χ1) is 11.0. The van der Waals surface area contributed by atoms with Gasteiger partial charge in [-0.2, -0.15) is 0 Å². The summed E-state index contributed by atoms with van der Waals surface area (Å²) in [5.74, 6) is 1.14. The molecule has 0 bridgehead atoms. The highest BCUT2D eigenvalue weighted by atomic mass is 16.7. The van der Waals surface area contributed by atoms with Crippen LogP contribution in [-0.4, -0.2) is 24.8 Å². The number of fused-ring (bicyclic) bond motifs is 1. The molecule has 1 atom stereocenters. The van der Waals surface area contributed by atoms with Gasteiger partial charge in [-0.3, -0.25) is 9.59 Å². The van der Waals surface area contributed by atoms with Gasteiger partial charge in [-0.15, -0.1) is 0 Å². The fourth-order valence-corrected chi connectivity index (χ4v) is 2.10. The van der Waals surface area contributed by atoms with Gasteiger partial charge >= 0.3 is 5.97 Å². The van der Waals surface area contributed by atoms with Crippen LogP contribution >= 0.6 is 0 Å². The van der Waals surface area contributed by atoms with Crippen molar-refractivity contribution in [3.63, 3.8) is 0 Å². The molecule has 0 aliphatic carbocycles. The number of esters is 1. The largest absolute Gasteiger partial charge is 0.454 e. The monoisotopic (exact) mass is 321 g/mol. The van der Waals surface area contributed by atoms with E-state index in [1.165, 1.54) is 0 Å². The number of carbonyl (C=O) groups is 2. The third-order valence-corrected chi connectivity index (χ3v) is 3.51. The second kappa shape index (κ2) is 7.85. The van der Waals surface area contributed by atoms with Crippen molar-refractivity contribution in [1.82, 2.24) is 5.32 Å². The Labute approximate surface area is 136 Å². The van der Waals surface area contributed by atoms with Gasteiger partial charge in [0, 0.05) is 13.0 Å². The van der Waals surface area contributed by atoms with Crippen LogP contribution in [0.15, 0.2) is 18.2 Å². The molecule has 0 spiro atoms. The molecule has 0 saturated carbocycles. The van der Waals surface area contributed by atoms with E-state index in [9.17, 15) is 9.59 Å². The van der Waals surface area contributed by atoms with Crippen LogP contribution in [0.25, 0.3) is 0 Å². The van der Waals surface area contributed by atoms with Crippen LogP contribution in [0.1, 0.15) is 39.2 Å². The topological polar surface area (TPSA) is 73.9 Å². The molecule has 1 unspecified atom stereocenters. The number of hydrogen-bond acceptors (Lipinski definition) is 5. The lowest BCUT2D eigenvalue weighted by atomic mass is 10.1. The normalized spacial score (nSPS) is 13.7. The molecular formula is C17H23NO5. The molecule has 6 nitrogen and oxygen atoms in total. The average molecular weight is 321 g/mol. The van der Waals surface area contributed by atoms with Crippen LogP contribution in [0.3, 0.4) is 0 Å². The molecule has 1 aromatic rings. The smallest absolute Gasteiger partial charge is 0.306 e. The van der Waals surface area contributed by atoms with Crippen molar-refractivity contribution < 1.29 is 23.8 Å². The third-order valence-electron chi connectivity index (χ3n) is 3.51. The van der Waals surface area contributed by atoms with E-state index < -0.39 is 6.10 Å². The lowest BCUT2D eigenvalue weighted by molar-refractivity contribution is -0.155. The highest BCUT2D eigenvalue weighted by Crippen LogP contribution is 2.32. The minimum absolute atomic E-state index is 0.217. The number of amides is 1. The van der Waals surface area contributed by atoms with Crippen molar-refractivity contribution in [2.45, 2.75) is 46.3 Å². The Morgan fingerprint density at radius 2 is 1.96 bits per heavy atom. The molecule has 0 radical (unpaired) electrons. The molecular weight excluding hydrogens is 298 g/mol. The first-order valence-electron chi connectivity index (χ1n) is 7.81. The van der Waals surface area contributed by atoms with Crippen molar-refractivity contribution in [3.8, 4) is 11.5 Å². The Morgan fingerprint density at radius 1 is 1.22 bits per heavy atom. The summed E-state index contributed by atoms with van der Waals surface area (Å²) in [6.07, 6.45) is 0.283. The van der Waals surface area contributed by atoms with Crippen molar-refractivity contribution in [2.75, 3.05) is 6.79 Å². The van der Waals surface area contributed by atoms with E-state index in [-0.39, 0.29) is 18.7 Å². The Kier molecular flexibility index (Phi) is 5.84. The van der Waals surface area contributed by atoms with E-state index in [1.807, 2.05) is 26.0 Å². The van der Waals surface area contributed by atoms with Gasteiger partial charge in [-0.1, -0.05) is 19.9 Å². The van der Waals surface area contributed by atoms with E-state index >= 15 is 0 Å². The summed E-state index contributed by atoms with van der Waals surface area (Å²) in [6.45, 7) is 6.20. The molecule has 6 heteroatoms. The molecule has 0 aromatic heterocycles. The maximum absolute atomic E-state index is 12.0. The number of carbonyl (C=O) groups excluding carboxylic acids is 2. The van der Waals surface area contributed by atoms with E-state index in [0.717, 1.165) is 12.0 Å². The number of rotatable bonds is 7. The van der Waals surface area contributed by atoms with Gasteiger partial charge in [0.15, 0.2) is 17.6 Å². The second-order valence-electron chi connectivity index (χ2n) is 5.97. The summed E-state index contributed by atoms with van der Waals surface area (Å²) in [4.78, 5) is 23.6. The first-order valence-corrected chi connectivity index (χ1v) is 7.81. The third kappa shape index (κ3) is 5.16. The molecule has 2 rings (SSSR count). The van der Waals surface area contributed by atoms with Gasteiger partial charge in [-0.05, 0) is 37.0 Å². The molecule has 0 fully saturated rings. The quantitative estimate of drug-likeness (QED) is 0.781. The van der Waals surface area contributed by atoms with Gasteiger partial charge in [0.25, 0.3) is 5.91 Å². The van der Waals surface area contributed by atoms with Gasteiger partial charge in [0.2, 0.25) is 6.79 Å². The Bertz CT molecular complexity index is 570. The van der Waals surface area contributed by atoms with Crippen LogP contribution < -0.4 is 14.8 Å². The minimum Gasteiger partial charge on any atom is -0.454 e. The molecule has 1 aromatic carbocycles. The minimum atomic E-state index is -0.802. The SMILES string of the molecule is CC(C)CCC(=O)OC(C)C(=O)NCc1ccc2c(c1)OCO2. The molecule has 1 aliphatic rings. The summed E-state index contributed by atoms with van der Waals surface area (Å²) >= 11 is 0. The summed E-state index contributed by atoms with van der Waals surface area (Å²) in [5.41, 5.74) is 0.890. The molecule has 1 aliphatic heterocycles. The predicted molar refractivity (Wildman–Crippen MR) is 84.0 cm³/mol. The van der Waals surface area contributed by atoms with Gasteiger partial charge in [0.1, 0.15) is 0 Å². The Balaban J connectivity index is 1.76. The summed E-state index contributed by atoms with van der Waals surface area (Å²) in [7, 11) is 0. The van der Waals surface area contributed by atoms with E-state index in [0.29, 0.717) is 30.4 Å². The molecule has 126 valence electrons. The first kappa shape index (κ1) is 17.1. The zero-order valence-corrected chi connectivity index (χ0v) is 13.8. The number of nitrogens with one attached hydrogen (secondary N) is 1. The van der Waals surface area contributed by atoms with E-state index in [2.05, 4.69) is 5.32 Å². The van der Waals surface area contributed by atoms with Crippen LogP contribution in [0, 0.1) is 5.92 Å². The van der Waals surface area contributed by atoms with Crippen molar-refractivity contribution >= 4 is 11.9 Å². The highest BCUT2D eigenvalue weighted by molar-refractivity contribution is 5.83. The lowest BCUT2D eigenvalue weighted by Crippen LogP contribution is -2.35. The Morgan fingerprint density at radius 3 is 2.70 bits per heavy atom. The van der Waals surface area contributed by atoms with E-state index in [1.54, 1.807) is 13.0 Å². The molecule has 23 heavy (non-hydrogen) atoms. The van der Waals surface area contributed by atoms with Crippen LogP contribution in [0.4, 0.5) is 0 Å². The molecule has 0 saturated heterocycles. The zero-order valence-electron chi connectivity index (χ0n) is 13.8. The highest BCUT2D eigenvalue weighted by Gasteiger charge is 2.18. The summed E-state index contributed by atoms with van der Waals surface area (Å²) in [5, 5.41) is 2.75. The number of benzene rings is 1. The van der Waals surface area contributed by atoms with Crippen LogP contribution in [0.2, 0.25) is 0 Å². The fourth-order valence-electron chi connectivity index (χ4n) is 2.10. The Hall–Kier alpha value is -2.24. The molecule has 1 heterocycles. The van der Waals surface area contributed by atoms with Gasteiger partial charge in [-0.25, -0.2) is 0 Å². The molecule has 1 N–H and O–H groups in total. The van der Waals surface area contributed by atoms with Crippen molar-refractivity contribution in [3.05, 3.63) is 23.8 Å². The van der Waals surface area contributed by atoms with Crippen molar-refractivity contribution in [1.29, 1.82) is 0 Å². The summed E-state index contributed by atoms with van der Waals surface area (Å²) in [6, 6.07) is 5.48. The maximum Gasteiger partial charge on any atom is 0.306 e.